The van der Waals surface area contributed by atoms with E-state index in [1.165, 1.54) is 5.56 Å². The highest BCUT2D eigenvalue weighted by Gasteiger charge is 2.27. The van der Waals surface area contributed by atoms with E-state index in [0.29, 0.717) is 19.7 Å². The second kappa shape index (κ2) is 8.43. The molecule has 1 aromatic rings. The normalized spacial score (nSPS) is 23.7. The Morgan fingerprint density at radius 2 is 2.04 bits per heavy atom. The van der Waals surface area contributed by atoms with Crippen LogP contribution in [0.25, 0.3) is 0 Å². The van der Waals surface area contributed by atoms with Crippen molar-refractivity contribution in [3.05, 3.63) is 35.9 Å². The molecule has 0 spiro atoms. The van der Waals surface area contributed by atoms with Crippen LogP contribution in [-0.2, 0) is 9.53 Å². The van der Waals surface area contributed by atoms with Gasteiger partial charge < -0.3 is 15.0 Å². The maximum absolute atomic E-state index is 12.3. The van der Waals surface area contributed by atoms with Crippen molar-refractivity contribution in [2.24, 2.45) is 0 Å². The molecule has 1 fully saturated rings. The van der Waals surface area contributed by atoms with E-state index in [-0.39, 0.29) is 24.1 Å². The fraction of sp³-hybridized carbons (Fsp3) is 0.611. The first-order chi connectivity index (χ1) is 11.0. The van der Waals surface area contributed by atoms with Crippen LogP contribution in [0.2, 0.25) is 0 Å². The first kappa shape index (κ1) is 17.9. The second-order valence-corrected chi connectivity index (χ2v) is 6.48. The van der Waals surface area contributed by atoms with Gasteiger partial charge in [-0.3, -0.25) is 9.69 Å². The molecule has 1 aliphatic heterocycles. The number of ether oxygens (including phenoxy) is 1. The van der Waals surface area contributed by atoms with Crippen molar-refractivity contribution in [2.75, 3.05) is 40.3 Å². The average Bonchev–Trinajstić information content (AvgIpc) is 2.53. The summed E-state index contributed by atoms with van der Waals surface area (Å²) in [4.78, 5) is 16.6. The lowest BCUT2D eigenvalue weighted by Crippen LogP contribution is -2.52. The Balaban J connectivity index is 1.87. The van der Waals surface area contributed by atoms with Gasteiger partial charge in [-0.2, -0.15) is 0 Å². The smallest absolute Gasteiger partial charge is 0.234 e. The lowest BCUT2D eigenvalue weighted by atomic mass is 10.1. The SMILES string of the molecule is C[C@@H]1OCCN(CC(=O)NC[C@H](c2ccccc2)N(C)C)[C@H]1C. The summed E-state index contributed by atoms with van der Waals surface area (Å²) in [5.41, 5.74) is 1.21. The molecule has 1 aliphatic rings. The Morgan fingerprint density at radius 3 is 2.70 bits per heavy atom. The van der Waals surface area contributed by atoms with Gasteiger partial charge in [0.1, 0.15) is 0 Å². The zero-order valence-corrected chi connectivity index (χ0v) is 14.7. The zero-order chi connectivity index (χ0) is 16.8. The van der Waals surface area contributed by atoms with Crippen molar-refractivity contribution in [1.29, 1.82) is 0 Å². The fourth-order valence-corrected chi connectivity index (χ4v) is 2.94. The minimum Gasteiger partial charge on any atom is -0.376 e. The van der Waals surface area contributed by atoms with Gasteiger partial charge in [0, 0.05) is 19.1 Å². The number of amides is 1. The van der Waals surface area contributed by atoms with Gasteiger partial charge in [-0.25, -0.2) is 0 Å². The predicted octanol–water partition coefficient (Wildman–Crippen LogP) is 1.51. The number of carbonyl (C=O) groups excluding carboxylic acids is 1. The maximum atomic E-state index is 12.3. The van der Waals surface area contributed by atoms with E-state index in [1.807, 2.05) is 32.3 Å². The molecule has 1 N–H and O–H groups in total. The van der Waals surface area contributed by atoms with Crippen LogP contribution in [0.4, 0.5) is 0 Å². The molecule has 0 aliphatic carbocycles. The first-order valence-corrected chi connectivity index (χ1v) is 8.32. The van der Waals surface area contributed by atoms with E-state index in [0.717, 1.165) is 6.54 Å². The van der Waals surface area contributed by atoms with Gasteiger partial charge >= 0.3 is 0 Å². The molecular formula is C18H29N3O2. The Kier molecular flexibility index (Phi) is 6.57. The molecule has 23 heavy (non-hydrogen) atoms. The van der Waals surface area contributed by atoms with Crippen LogP contribution >= 0.6 is 0 Å². The summed E-state index contributed by atoms with van der Waals surface area (Å²) >= 11 is 0. The first-order valence-electron chi connectivity index (χ1n) is 8.32. The number of nitrogens with one attached hydrogen (secondary N) is 1. The summed E-state index contributed by atoms with van der Waals surface area (Å²) < 4.78 is 5.61. The summed E-state index contributed by atoms with van der Waals surface area (Å²) in [6, 6.07) is 10.7. The fourth-order valence-electron chi connectivity index (χ4n) is 2.94. The molecule has 5 heteroatoms. The monoisotopic (exact) mass is 319 g/mol. The highest BCUT2D eigenvalue weighted by atomic mass is 16.5. The molecule has 0 saturated carbocycles. The van der Waals surface area contributed by atoms with E-state index >= 15 is 0 Å². The van der Waals surface area contributed by atoms with E-state index in [9.17, 15) is 4.79 Å². The van der Waals surface area contributed by atoms with Crippen LogP contribution in [0.3, 0.4) is 0 Å². The minimum absolute atomic E-state index is 0.0775. The quantitative estimate of drug-likeness (QED) is 0.863. The van der Waals surface area contributed by atoms with E-state index < -0.39 is 0 Å². The molecule has 1 saturated heterocycles. The van der Waals surface area contributed by atoms with Crippen LogP contribution in [0, 0.1) is 0 Å². The van der Waals surface area contributed by atoms with Gasteiger partial charge in [-0.1, -0.05) is 30.3 Å². The van der Waals surface area contributed by atoms with Gasteiger partial charge in [0.25, 0.3) is 0 Å². The van der Waals surface area contributed by atoms with Crippen LogP contribution in [0.1, 0.15) is 25.5 Å². The lowest BCUT2D eigenvalue weighted by Gasteiger charge is -2.37. The highest BCUT2D eigenvalue weighted by molar-refractivity contribution is 5.78. The highest BCUT2D eigenvalue weighted by Crippen LogP contribution is 2.17. The number of likely N-dealkylation sites (N-methyl/N-ethyl adjacent to an activating group) is 1. The number of hydrogen-bond acceptors (Lipinski definition) is 4. The Hall–Kier alpha value is -1.43. The van der Waals surface area contributed by atoms with Gasteiger partial charge in [0.15, 0.2) is 0 Å². The molecule has 1 aromatic carbocycles. The molecule has 5 nitrogen and oxygen atoms in total. The van der Waals surface area contributed by atoms with Gasteiger partial charge in [-0.05, 0) is 33.5 Å². The number of hydrogen-bond donors (Lipinski definition) is 1. The largest absolute Gasteiger partial charge is 0.376 e. The number of rotatable bonds is 6. The van der Waals surface area contributed by atoms with Crippen molar-refractivity contribution in [3.63, 3.8) is 0 Å². The molecule has 3 atom stereocenters. The van der Waals surface area contributed by atoms with Crippen molar-refractivity contribution >= 4 is 5.91 Å². The van der Waals surface area contributed by atoms with Gasteiger partial charge in [-0.15, -0.1) is 0 Å². The average molecular weight is 319 g/mol. The zero-order valence-electron chi connectivity index (χ0n) is 14.7. The third-order valence-corrected chi connectivity index (χ3v) is 4.66. The number of benzene rings is 1. The third-order valence-electron chi connectivity index (χ3n) is 4.66. The Bertz CT molecular complexity index is 492. The predicted molar refractivity (Wildman–Crippen MR) is 92.3 cm³/mol. The summed E-state index contributed by atoms with van der Waals surface area (Å²) in [5, 5.41) is 3.08. The molecule has 0 bridgehead atoms. The molecule has 0 radical (unpaired) electrons. The minimum atomic E-state index is 0.0775. The van der Waals surface area contributed by atoms with Crippen molar-refractivity contribution < 1.29 is 9.53 Å². The van der Waals surface area contributed by atoms with Crippen molar-refractivity contribution in [2.45, 2.75) is 32.0 Å². The van der Waals surface area contributed by atoms with Crippen molar-refractivity contribution in [1.82, 2.24) is 15.1 Å². The third kappa shape index (κ3) is 5.03. The summed E-state index contributed by atoms with van der Waals surface area (Å²) in [5.74, 6) is 0.0775. The number of carbonyl (C=O) groups is 1. The Morgan fingerprint density at radius 1 is 1.35 bits per heavy atom. The second-order valence-electron chi connectivity index (χ2n) is 6.48. The number of morpholine rings is 1. The van der Waals surface area contributed by atoms with Crippen LogP contribution in [0.15, 0.2) is 30.3 Å². The molecule has 2 rings (SSSR count). The van der Waals surface area contributed by atoms with Crippen LogP contribution in [-0.4, -0.2) is 68.2 Å². The lowest BCUT2D eigenvalue weighted by molar-refractivity contribution is -0.126. The molecule has 0 unspecified atom stereocenters. The van der Waals surface area contributed by atoms with E-state index in [2.05, 4.69) is 41.1 Å². The van der Waals surface area contributed by atoms with E-state index in [4.69, 9.17) is 4.74 Å². The summed E-state index contributed by atoms with van der Waals surface area (Å²) in [7, 11) is 4.07. The molecule has 0 aromatic heterocycles. The van der Waals surface area contributed by atoms with Crippen molar-refractivity contribution in [3.8, 4) is 0 Å². The maximum Gasteiger partial charge on any atom is 0.234 e. The summed E-state index contributed by atoms with van der Waals surface area (Å²) in [6.45, 7) is 6.74. The topological polar surface area (TPSA) is 44.8 Å². The van der Waals surface area contributed by atoms with E-state index in [1.54, 1.807) is 0 Å². The molecule has 1 amide bonds. The number of nitrogens with zero attached hydrogens (tertiary/aromatic N) is 2. The molecule has 128 valence electrons. The van der Waals surface area contributed by atoms with Crippen LogP contribution in [0.5, 0.6) is 0 Å². The van der Waals surface area contributed by atoms with Gasteiger partial charge in [0.2, 0.25) is 5.91 Å². The molecular weight excluding hydrogens is 290 g/mol. The standard InChI is InChI=1S/C18H29N3O2/c1-14-15(2)23-11-10-21(14)13-18(22)19-12-17(20(3)4)16-8-6-5-7-9-16/h5-9,14-15,17H,10-13H2,1-4H3,(H,19,22)/t14-,15-,17+/m0/s1. The summed E-state index contributed by atoms with van der Waals surface area (Å²) in [6.07, 6.45) is 0.176. The Labute approximate surface area is 139 Å². The van der Waals surface area contributed by atoms with Crippen LogP contribution < -0.4 is 5.32 Å². The molecule has 1 heterocycles. The van der Waals surface area contributed by atoms with Gasteiger partial charge in [0.05, 0.1) is 25.3 Å².